The van der Waals surface area contributed by atoms with Crippen molar-refractivity contribution >= 4 is 20.4 Å². The molecule has 0 spiro atoms. The van der Waals surface area contributed by atoms with Gasteiger partial charge in [0.25, 0.3) is 0 Å². The van der Waals surface area contributed by atoms with E-state index >= 15 is 0 Å². The normalized spacial score (nSPS) is 13.7. The predicted octanol–water partition coefficient (Wildman–Crippen LogP) is 6.87. The van der Waals surface area contributed by atoms with Gasteiger partial charge in [0.2, 0.25) is 0 Å². The number of rotatable bonds is 8. The second kappa shape index (κ2) is 8.64. The van der Waals surface area contributed by atoms with Crippen molar-refractivity contribution in [2.24, 2.45) is 0 Å². The summed E-state index contributed by atoms with van der Waals surface area (Å²) in [5.41, 5.74) is 0. The van der Waals surface area contributed by atoms with Gasteiger partial charge in [-0.1, -0.05) is 61.5 Å². The number of alkyl halides is 4. The zero-order valence-electron chi connectivity index (χ0n) is 16.4. The highest BCUT2D eigenvalue weighted by atomic mass is 32.3. The fraction of sp³-hybridized carbons (Fsp3) is 0.182. The van der Waals surface area contributed by atoms with Crippen LogP contribution in [-0.2, 0) is 13.7 Å². The van der Waals surface area contributed by atoms with E-state index < -0.39 is 38.0 Å². The van der Waals surface area contributed by atoms with Crippen LogP contribution in [0.5, 0.6) is 0 Å². The zero-order chi connectivity index (χ0) is 22.8. The summed E-state index contributed by atoms with van der Waals surface area (Å²) >= 11 is 0. The SMILES string of the molecule is CCC(F)(F)C(F)(F)S(=O)(=O)OS(c1ccccc1)(c1ccccc1)c1ccccc1. The van der Waals surface area contributed by atoms with Crippen molar-refractivity contribution in [1.29, 1.82) is 0 Å². The van der Waals surface area contributed by atoms with Crippen LogP contribution in [0.25, 0.3) is 0 Å². The van der Waals surface area contributed by atoms with Gasteiger partial charge in [0.15, 0.2) is 0 Å². The highest BCUT2D eigenvalue weighted by Gasteiger charge is 2.67. The summed E-state index contributed by atoms with van der Waals surface area (Å²) in [5.74, 6) is -4.80. The third kappa shape index (κ3) is 4.09. The van der Waals surface area contributed by atoms with Gasteiger partial charge in [0.05, 0.1) is 0 Å². The van der Waals surface area contributed by atoms with Crippen LogP contribution >= 0.6 is 10.3 Å². The van der Waals surface area contributed by atoms with E-state index in [1.54, 1.807) is 54.6 Å². The van der Waals surface area contributed by atoms with E-state index in [-0.39, 0.29) is 14.7 Å². The number of benzene rings is 3. The lowest BCUT2D eigenvalue weighted by atomic mass is 10.3. The maximum Gasteiger partial charge on any atom is 0.432 e. The molecule has 0 aromatic heterocycles. The van der Waals surface area contributed by atoms with Crippen molar-refractivity contribution in [2.45, 2.75) is 39.2 Å². The summed E-state index contributed by atoms with van der Waals surface area (Å²) < 4.78 is 88.0. The molecule has 0 heterocycles. The minimum absolute atomic E-state index is 0.270. The molecule has 0 saturated carbocycles. The molecule has 0 unspecified atom stereocenters. The molecule has 0 fully saturated rings. The van der Waals surface area contributed by atoms with E-state index in [9.17, 15) is 26.0 Å². The molecule has 0 bridgehead atoms. The van der Waals surface area contributed by atoms with Gasteiger partial charge in [-0.2, -0.15) is 26.0 Å². The molecule has 166 valence electrons. The molecule has 9 heteroatoms. The first kappa shape index (κ1) is 23.3. The topological polar surface area (TPSA) is 43.4 Å². The summed E-state index contributed by atoms with van der Waals surface area (Å²) in [6.45, 7) is 0.787. The van der Waals surface area contributed by atoms with Crippen LogP contribution < -0.4 is 0 Å². The molecule has 0 N–H and O–H groups in total. The fourth-order valence-corrected chi connectivity index (χ4v) is 8.24. The molecule has 0 aliphatic rings. The summed E-state index contributed by atoms with van der Waals surface area (Å²) in [6, 6.07) is 23.7. The molecular weight excluding hydrogens is 452 g/mol. The molecule has 0 amide bonds. The van der Waals surface area contributed by atoms with Gasteiger partial charge in [-0.3, -0.25) is 0 Å². The van der Waals surface area contributed by atoms with Gasteiger partial charge in [-0.05, 0) is 46.7 Å². The van der Waals surface area contributed by atoms with Crippen molar-refractivity contribution in [2.75, 3.05) is 0 Å². The Morgan fingerprint density at radius 2 is 1.00 bits per heavy atom. The van der Waals surface area contributed by atoms with E-state index in [1.807, 2.05) is 0 Å². The first-order valence-electron chi connectivity index (χ1n) is 9.28. The van der Waals surface area contributed by atoms with Gasteiger partial charge in [-0.25, -0.2) is 3.63 Å². The number of hydrogen-bond acceptors (Lipinski definition) is 3. The summed E-state index contributed by atoms with van der Waals surface area (Å²) in [5, 5.41) is -5.43. The zero-order valence-corrected chi connectivity index (χ0v) is 18.1. The Morgan fingerprint density at radius 3 is 1.29 bits per heavy atom. The smallest absolute Gasteiger partial charge is 0.202 e. The van der Waals surface area contributed by atoms with Gasteiger partial charge in [0.1, 0.15) is 0 Å². The van der Waals surface area contributed by atoms with Crippen molar-refractivity contribution in [3.63, 3.8) is 0 Å². The molecule has 0 radical (unpaired) electrons. The number of halogens is 4. The van der Waals surface area contributed by atoms with Crippen molar-refractivity contribution < 1.29 is 29.6 Å². The molecule has 3 aromatic rings. The summed E-state index contributed by atoms with van der Waals surface area (Å²) in [6.07, 6.45) is -1.37. The minimum atomic E-state index is -6.08. The van der Waals surface area contributed by atoms with E-state index in [0.29, 0.717) is 0 Å². The van der Waals surface area contributed by atoms with Crippen LogP contribution in [0.4, 0.5) is 17.6 Å². The van der Waals surface area contributed by atoms with Crippen molar-refractivity contribution in [3.8, 4) is 0 Å². The Balaban J connectivity index is 2.34. The minimum Gasteiger partial charge on any atom is -0.202 e. The molecular formula is C22H20F4O3S2. The van der Waals surface area contributed by atoms with Gasteiger partial charge < -0.3 is 0 Å². The third-order valence-electron chi connectivity index (χ3n) is 4.60. The molecule has 0 saturated heterocycles. The van der Waals surface area contributed by atoms with Crippen molar-refractivity contribution in [1.82, 2.24) is 0 Å². The lowest BCUT2D eigenvalue weighted by molar-refractivity contribution is -0.160. The highest BCUT2D eigenvalue weighted by Crippen LogP contribution is 2.70. The van der Waals surface area contributed by atoms with Crippen LogP contribution in [0.1, 0.15) is 13.3 Å². The van der Waals surface area contributed by atoms with Crippen LogP contribution in [0.3, 0.4) is 0 Å². The molecule has 3 aromatic carbocycles. The van der Waals surface area contributed by atoms with Gasteiger partial charge >= 0.3 is 21.3 Å². The molecule has 3 rings (SSSR count). The Hall–Kier alpha value is -2.36. The second-order valence-electron chi connectivity index (χ2n) is 6.59. The quantitative estimate of drug-likeness (QED) is 0.336. The lowest BCUT2D eigenvalue weighted by Crippen LogP contribution is -2.47. The Kier molecular flexibility index (Phi) is 6.50. The molecule has 0 atom stereocenters. The average molecular weight is 473 g/mol. The van der Waals surface area contributed by atoms with Crippen molar-refractivity contribution in [3.05, 3.63) is 91.0 Å². The van der Waals surface area contributed by atoms with E-state index in [1.165, 1.54) is 36.4 Å². The largest absolute Gasteiger partial charge is 0.432 e. The molecule has 3 nitrogen and oxygen atoms in total. The molecule has 0 aliphatic carbocycles. The first-order valence-corrected chi connectivity index (χ1v) is 12.2. The second-order valence-corrected chi connectivity index (χ2v) is 11.1. The fourth-order valence-electron chi connectivity index (χ4n) is 2.93. The van der Waals surface area contributed by atoms with Crippen LogP contribution in [0, 0.1) is 0 Å². The van der Waals surface area contributed by atoms with E-state index in [0.717, 1.165) is 6.92 Å². The Morgan fingerprint density at radius 1 is 0.677 bits per heavy atom. The van der Waals surface area contributed by atoms with Crippen LogP contribution in [0.15, 0.2) is 106 Å². The van der Waals surface area contributed by atoms with Crippen LogP contribution in [0.2, 0.25) is 0 Å². The summed E-state index contributed by atoms with van der Waals surface area (Å²) in [4.78, 5) is 0.810. The maximum atomic E-state index is 14.6. The molecule has 0 aliphatic heterocycles. The Bertz CT molecular complexity index is 1010. The standard InChI is InChI=1S/C22H20F4O3S2/c1-2-21(23,24)22(25,26)31(27,28)29-30(18-12-6-3-7-13-18,19-14-8-4-9-15-19)20-16-10-5-11-17-20/h3-17H,2H2,1H3. The Labute approximate surface area is 180 Å². The molecule has 31 heavy (non-hydrogen) atoms. The van der Waals surface area contributed by atoms with E-state index in [2.05, 4.69) is 0 Å². The predicted molar refractivity (Wildman–Crippen MR) is 112 cm³/mol. The maximum absolute atomic E-state index is 14.6. The highest BCUT2D eigenvalue weighted by molar-refractivity contribution is 8.33. The van der Waals surface area contributed by atoms with Gasteiger partial charge in [-0.15, -0.1) is 0 Å². The lowest BCUT2D eigenvalue weighted by Gasteiger charge is -2.40. The van der Waals surface area contributed by atoms with Gasteiger partial charge in [0, 0.05) is 21.1 Å². The average Bonchev–Trinajstić information content (AvgIpc) is 2.79. The summed E-state index contributed by atoms with van der Waals surface area (Å²) in [7, 11) is -9.42. The third-order valence-corrected chi connectivity index (χ3v) is 9.87. The van der Waals surface area contributed by atoms with E-state index in [4.69, 9.17) is 3.63 Å². The number of hydrogen-bond donors (Lipinski definition) is 0. The first-order chi connectivity index (χ1) is 14.6. The monoisotopic (exact) mass is 472 g/mol. The van der Waals surface area contributed by atoms with Crippen LogP contribution in [-0.4, -0.2) is 19.6 Å².